The molecule has 0 fully saturated rings. The summed E-state index contributed by atoms with van der Waals surface area (Å²) in [5.41, 5.74) is 0.0464. The number of hydrogen-bond donors (Lipinski definition) is 1. The van der Waals surface area contributed by atoms with Crippen molar-refractivity contribution in [1.29, 1.82) is 0 Å². The zero-order valence-corrected chi connectivity index (χ0v) is 15.3. The van der Waals surface area contributed by atoms with Crippen LogP contribution in [0, 0.1) is 0 Å². The van der Waals surface area contributed by atoms with E-state index in [1.54, 1.807) is 0 Å². The van der Waals surface area contributed by atoms with E-state index in [0.29, 0.717) is 5.75 Å². The Morgan fingerprint density at radius 1 is 1.00 bits per heavy atom. The van der Waals surface area contributed by atoms with Gasteiger partial charge in [0.25, 0.3) is 10.0 Å². The normalized spacial score (nSPS) is 10.9. The fourth-order valence-electron chi connectivity index (χ4n) is 2.08. The van der Waals surface area contributed by atoms with Crippen molar-refractivity contribution >= 4 is 33.3 Å². The van der Waals surface area contributed by atoms with Crippen LogP contribution in [0.25, 0.3) is 0 Å². The van der Waals surface area contributed by atoms with Gasteiger partial charge < -0.3 is 14.2 Å². The second-order valence-corrected chi connectivity index (χ2v) is 6.92. The minimum Gasteiger partial charge on any atom is -0.493 e. The number of hydrogen-bond acceptors (Lipinski definition) is 6. The first kappa shape index (κ1) is 18.9. The number of nitrogens with one attached hydrogen (secondary N) is 1. The van der Waals surface area contributed by atoms with E-state index in [2.05, 4.69) is 9.46 Å². The maximum atomic E-state index is 12.6. The SMILES string of the molecule is COC(=O)c1ccc(Cl)cc1NS(=O)(=O)c1ccc(OC)c(OC)c1. The molecule has 0 unspecified atom stereocenters. The second kappa shape index (κ2) is 7.62. The van der Waals surface area contributed by atoms with Crippen molar-refractivity contribution in [3.05, 3.63) is 47.0 Å². The van der Waals surface area contributed by atoms with E-state index in [4.69, 9.17) is 21.1 Å². The van der Waals surface area contributed by atoms with Crippen molar-refractivity contribution in [3.8, 4) is 11.5 Å². The molecule has 9 heteroatoms. The molecule has 0 heterocycles. The molecule has 0 spiro atoms. The fourth-order valence-corrected chi connectivity index (χ4v) is 3.33. The van der Waals surface area contributed by atoms with Gasteiger partial charge in [0, 0.05) is 11.1 Å². The highest BCUT2D eigenvalue weighted by atomic mass is 35.5. The zero-order chi connectivity index (χ0) is 18.6. The number of benzene rings is 2. The molecule has 2 aromatic rings. The second-order valence-electron chi connectivity index (χ2n) is 4.80. The lowest BCUT2D eigenvalue weighted by atomic mass is 10.2. The maximum absolute atomic E-state index is 12.6. The zero-order valence-electron chi connectivity index (χ0n) is 13.7. The van der Waals surface area contributed by atoms with Crippen molar-refractivity contribution in [3.63, 3.8) is 0 Å². The van der Waals surface area contributed by atoms with Crippen LogP contribution in [0.5, 0.6) is 11.5 Å². The molecule has 0 radical (unpaired) electrons. The third kappa shape index (κ3) is 4.15. The topological polar surface area (TPSA) is 90.9 Å². The quantitative estimate of drug-likeness (QED) is 0.769. The van der Waals surface area contributed by atoms with Crippen LogP contribution in [-0.4, -0.2) is 35.7 Å². The van der Waals surface area contributed by atoms with Crippen molar-refractivity contribution < 1.29 is 27.4 Å². The number of halogens is 1. The van der Waals surface area contributed by atoms with Crippen LogP contribution in [0.3, 0.4) is 0 Å². The van der Waals surface area contributed by atoms with E-state index in [-0.39, 0.29) is 26.9 Å². The van der Waals surface area contributed by atoms with Gasteiger partial charge in [-0.3, -0.25) is 4.72 Å². The number of carbonyl (C=O) groups is 1. The van der Waals surface area contributed by atoms with Gasteiger partial charge in [-0.2, -0.15) is 0 Å². The Hall–Kier alpha value is -2.45. The minimum absolute atomic E-state index is 0.00846. The number of esters is 1. The summed E-state index contributed by atoms with van der Waals surface area (Å²) < 4.78 is 42.5. The molecule has 0 aliphatic rings. The molecular weight excluding hydrogens is 370 g/mol. The lowest BCUT2D eigenvalue weighted by Crippen LogP contribution is -2.16. The molecule has 0 bridgehead atoms. The Balaban J connectivity index is 2.46. The van der Waals surface area contributed by atoms with Crippen molar-refractivity contribution in [1.82, 2.24) is 0 Å². The van der Waals surface area contributed by atoms with Gasteiger partial charge in [-0.15, -0.1) is 0 Å². The largest absolute Gasteiger partial charge is 0.493 e. The molecule has 0 aliphatic heterocycles. The van der Waals surface area contributed by atoms with Gasteiger partial charge in [0.2, 0.25) is 0 Å². The first-order chi connectivity index (χ1) is 11.8. The molecule has 0 atom stereocenters. The highest BCUT2D eigenvalue weighted by Gasteiger charge is 2.21. The van der Waals surface area contributed by atoms with Crippen LogP contribution in [0.15, 0.2) is 41.3 Å². The lowest BCUT2D eigenvalue weighted by Gasteiger charge is -2.13. The van der Waals surface area contributed by atoms with Gasteiger partial charge in [-0.1, -0.05) is 11.6 Å². The summed E-state index contributed by atoms with van der Waals surface area (Å²) in [5.74, 6) is -0.0502. The average Bonchev–Trinajstić information content (AvgIpc) is 2.60. The molecule has 7 nitrogen and oxygen atoms in total. The van der Waals surface area contributed by atoms with Gasteiger partial charge in [-0.25, -0.2) is 13.2 Å². The van der Waals surface area contributed by atoms with Gasteiger partial charge in [-0.05, 0) is 30.3 Å². The maximum Gasteiger partial charge on any atom is 0.339 e. The summed E-state index contributed by atoms with van der Waals surface area (Å²) in [4.78, 5) is 11.7. The number of anilines is 1. The van der Waals surface area contributed by atoms with Crippen LogP contribution in [0.4, 0.5) is 5.69 Å². The molecule has 0 saturated carbocycles. The predicted octanol–water partition coefficient (Wildman–Crippen LogP) is 2.94. The molecule has 25 heavy (non-hydrogen) atoms. The van der Waals surface area contributed by atoms with E-state index < -0.39 is 16.0 Å². The Morgan fingerprint density at radius 3 is 2.28 bits per heavy atom. The molecular formula is C16H16ClNO6S. The molecule has 2 rings (SSSR count). The van der Waals surface area contributed by atoms with E-state index in [1.165, 1.54) is 57.7 Å². The Morgan fingerprint density at radius 2 is 1.68 bits per heavy atom. The van der Waals surface area contributed by atoms with Crippen LogP contribution in [-0.2, 0) is 14.8 Å². The molecule has 0 amide bonds. The highest BCUT2D eigenvalue weighted by molar-refractivity contribution is 7.92. The van der Waals surface area contributed by atoms with E-state index in [1.807, 2.05) is 0 Å². The summed E-state index contributed by atoms with van der Waals surface area (Å²) in [6.45, 7) is 0. The predicted molar refractivity (Wildman–Crippen MR) is 93.1 cm³/mol. The summed E-state index contributed by atoms with van der Waals surface area (Å²) in [6, 6.07) is 8.29. The Bertz CT molecular complexity index is 897. The fraction of sp³-hybridized carbons (Fsp3) is 0.188. The van der Waals surface area contributed by atoms with Gasteiger partial charge in [0.15, 0.2) is 11.5 Å². The molecule has 134 valence electrons. The smallest absolute Gasteiger partial charge is 0.339 e. The van der Waals surface area contributed by atoms with Crippen molar-refractivity contribution in [2.45, 2.75) is 4.90 Å². The van der Waals surface area contributed by atoms with Crippen LogP contribution in [0.2, 0.25) is 5.02 Å². The van der Waals surface area contributed by atoms with Gasteiger partial charge in [0.05, 0.1) is 37.5 Å². The minimum atomic E-state index is -4.00. The summed E-state index contributed by atoms with van der Waals surface area (Å²) in [5, 5.41) is 0.262. The van der Waals surface area contributed by atoms with Gasteiger partial charge >= 0.3 is 5.97 Å². The molecule has 2 aromatic carbocycles. The number of ether oxygens (including phenoxy) is 3. The molecule has 1 N–H and O–H groups in total. The summed E-state index contributed by atoms with van der Waals surface area (Å²) >= 11 is 5.90. The molecule has 0 aliphatic carbocycles. The average molecular weight is 386 g/mol. The summed E-state index contributed by atoms with van der Waals surface area (Å²) in [7, 11) is 0.0343. The molecule has 0 aromatic heterocycles. The van der Waals surface area contributed by atoms with E-state index >= 15 is 0 Å². The standard InChI is InChI=1S/C16H16ClNO6S/c1-22-14-7-5-11(9-15(14)23-2)25(20,21)18-13-8-10(17)4-6-12(13)16(19)24-3/h4-9,18H,1-3H3. The third-order valence-electron chi connectivity index (χ3n) is 3.30. The number of sulfonamides is 1. The lowest BCUT2D eigenvalue weighted by molar-refractivity contribution is 0.0602. The number of methoxy groups -OCH3 is 3. The van der Waals surface area contributed by atoms with Gasteiger partial charge in [0.1, 0.15) is 0 Å². The first-order valence-corrected chi connectivity index (χ1v) is 8.81. The Labute approximate surface area is 150 Å². The van der Waals surface area contributed by atoms with Crippen LogP contribution >= 0.6 is 11.6 Å². The van der Waals surface area contributed by atoms with E-state index in [9.17, 15) is 13.2 Å². The Kier molecular flexibility index (Phi) is 5.76. The summed E-state index contributed by atoms with van der Waals surface area (Å²) in [6.07, 6.45) is 0. The van der Waals surface area contributed by atoms with E-state index in [0.717, 1.165) is 0 Å². The third-order valence-corrected chi connectivity index (χ3v) is 4.89. The van der Waals surface area contributed by atoms with Crippen LogP contribution in [0.1, 0.15) is 10.4 Å². The van der Waals surface area contributed by atoms with Crippen molar-refractivity contribution in [2.24, 2.45) is 0 Å². The van der Waals surface area contributed by atoms with Crippen LogP contribution < -0.4 is 14.2 Å². The number of rotatable bonds is 6. The first-order valence-electron chi connectivity index (χ1n) is 6.95. The monoisotopic (exact) mass is 385 g/mol. The molecule has 0 saturated heterocycles. The van der Waals surface area contributed by atoms with Crippen molar-refractivity contribution in [2.75, 3.05) is 26.1 Å². The highest BCUT2D eigenvalue weighted by Crippen LogP contribution is 2.31. The number of carbonyl (C=O) groups excluding carboxylic acids is 1.